The Labute approximate surface area is 111 Å². The van der Waals surface area contributed by atoms with E-state index < -0.39 is 0 Å². The van der Waals surface area contributed by atoms with Gasteiger partial charge in [-0.15, -0.1) is 0 Å². The van der Waals surface area contributed by atoms with Crippen molar-refractivity contribution in [3.05, 3.63) is 23.4 Å². The Hall–Kier alpha value is -1.09. The molecule has 0 aromatic carbocycles. The maximum Gasteiger partial charge on any atom is 0.131 e. The van der Waals surface area contributed by atoms with Gasteiger partial charge in [0.25, 0.3) is 0 Å². The first-order valence-corrected chi connectivity index (χ1v) is 6.99. The highest BCUT2D eigenvalue weighted by molar-refractivity contribution is 5.48. The van der Waals surface area contributed by atoms with Gasteiger partial charge in [0.15, 0.2) is 0 Å². The van der Waals surface area contributed by atoms with E-state index in [4.69, 9.17) is 0 Å². The van der Waals surface area contributed by atoms with E-state index >= 15 is 0 Å². The molecule has 1 aliphatic carbocycles. The average Bonchev–Trinajstić information content (AvgIpc) is 2.23. The monoisotopic (exact) mass is 247 g/mol. The predicted octanol–water partition coefficient (Wildman–Crippen LogP) is 2.88. The number of aryl methyl sites for hydroxylation is 1. The van der Waals surface area contributed by atoms with E-state index in [1.807, 2.05) is 6.20 Å². The molecule has 1 heterocycles. The summed E-state index contributed by atoms with van der Waals surface area (Å²) in [5, 5.41) is 3.43. The van der Waals surface area contributed by atoms with Crippen molar-refractivity contribution in [2.24, 2.45) is 0 Å². The Morgan fingerprint density at radius 2 is 2.17 bits per heavy atom. The number of rotatable bonds is 5. The van der Waals surface area contributed by atoms with Gasteiger partial charge in [0, 0.05) is 31.9 Å². The molecule has 0 spiro atoms. The molecule has 1 aromatic heterocycles. The number of nitrogens with zero attached hydrogens (tertiary/aromatic N) is 2. The summed E-state index contributed by atoms with van der Waals surface area (Å²) in [6, 6.07) is 3.48. The minimum absolute atomic E-state index is 0.516. The van der Waals surface area contributed by atoms with E-state index in [9.17, 15) is 0 Å². The lowest BCUT2D eigenvalue weighted by atomic mass is 9.91. The van der Waals surface area contributed by atoms with Crippen molar-refractivity contribution in [1.82, 2.24) is 10.3 Å². The molecule has 0 aliphatic heterocycles. The number of pyridine rings is 1. The molecule has 3 nitrogen and oxygen atoms in total. The predicted molar refractivity (Wildman–Crippen MR) is 77.0 cm³/mol. The van der Waals surface area contributed by atoms with Gasteiger partial charge in [-0.1, -0.05) is 13.8 Å². The zero-order valence-electron chi connectivity index (χ0n) is 12.0. The Morgan fingerprint density at radius 1 is 1.44 bits per heavy atom. The van der Waals surface area contributed by atoms with Crippen LogP contribution in [0.2, 0.25) is 0 Å². The molecule has 0 saturated heterocycles. The summed E-state index contributed by atoms with van der Waals surface area (Å²) in [4.78, 5) is 6.99. The van der Waals surface area contributed by atoms with Crippen molar-refractivity contribution in [2.75, 3.05) is 11.9 Å². The fraction of sp³-hybridized carbons (Fsp3) is 0.667. The maximum absolute atomic E-state index is 4.64. The van der Waals surface area contributed by atoms with Crippen molar-refractivity contribution in [3.8, 4) is 0 Å². The van der Waals surface area contributed by atoms with Crippen molar-refractivity contribution in [3.63, 3.8) is 0 Å². The Bertz CT molecular complexity index is 397. The summed E-state index contributed by atoms with van der Waals surface area (Å²) in [6.45, 7) is 7.40. The normalized spacial score (nSPS) is 15.8. The van der Waals surface area contributed by atoms with Gasteiger partial charge >= 0.3 is 0 Å². The van der Waals surface area contributed by atoms with Crippen LogP contribution in [0.1, 0.15) is 44.2 Å². The van der Waals surface area contributed by atoms with Gasteiger partial charge in [0.1, 0.15) is 5.82 Å². The first kappa shape index (κ1) is 13.3. The molecule has 100 valence electrons. The standard InChI is InChI=1S/C15H25N3/c1-11(2)16-9-13-8-12(3)15(17-10-13)18(4)14-6-5-7-14/h8,10-11,14,16H,5-7,9H2,1-4H3. The largest absolute Gasteiger partial charge is 0.356 e. The van der Waals surface area contributed by atoms with Crippen molar-refractivity contribution < 1.29 is 0 Å². The molecule has 2 rings (SSSR count). The Morgan fingerprint density at radius 3 is 2.67 bits per heavy atom. The lowest BCUT2D eigenvalue weighted by molar-refractivity contribution is 0.399. The van der Waals surface area contributed by atoms with Crippen molar-refractivity contribution in [2.45, 2.75) is 58.7 Å². The number of hydrogen-bond donors (Lipinski definition) is 1. The van der Waals surface area contributed by atoms with Gasteiger partial charge in [0.05, 0.1) is 0 Å². The third kappa shape index (κ3) is 3.02. The highest BCUT2D eigenvalue weighted by Crippen LogP contribution is 2.28. The summed E-state index contributed by atoms with van der Waals surface area (Å²) >= 11 is 0. The topological polar surface area (TPSA) is 28.2 Å². The second kappa shape index (κ2) is 5.70. The number of hydrogen-bond acceptors (Lipinski definition) is 3. The number of anilines is 1. The minimum Gasteiger partial charge on any atom is -0.356 e. The molecule has 1 N–H and O–H groups in total. The zero-order chi connectivity index (χ0) is 13.1. The molecule has 1 aromatic rings. The third-order valence-electron chi connectivity index (χ3n) is 3.78. The van der Waals surface area contributed by atoms with Gasteiger partial charge < -0.3 is 10.2 Å². The molecule has 0 radical (unpaired) electrons. The third-order valence-corrected chi connectivity index (χ3v) is 3.78. The van der Waals surface area contributed by atoms with E-state index in [0.29, 0.717) is 12.1 Å². The maximum atomic E-state index is 4.64. The quantitative estimate of drug-likeness (QED) is 0.867. The molecule has 18 heavy (non-hydrogen) atoms. The van der Waals surface area contributed by atoms with Crippen LogP contribution >= 0.6 is 0 Å². The van der Waals surface area contributed by atoms with Gasteiger partial charge in [0.2, 0.25) is 0 Å². The number of nitrogens with one attached hydrogen (secondary N) is 1. The molecule has 3 heteroatoms. The van der Waals surface area contributed by atoms with Crippen LogP contribution in [-0.4, -0.2) is 24.1 Å². The van der Waals surface area contributed by atoms with Gasteiger partial charge in [-0.2, -0.15) is 0 Å². The summed E-state index contributed by atoms with van der Waals surface area (Å²) in [5.41, 5.74) is 2.56. The molecule has 0 atom stereocenters. The lowest BCUT2D eigenvalue weighted by Gasteiger charge is -2.36. The molecule has 1 saturated carbocycles. The molecule has 1 aliphatic rings. The van der Waals surface area contributed by atoms with Crippen LogP contribution in [0.15, 0.2) is 12.3 Å². The second-order valence-electron chi connectivity index (χ2n) is 5.72. The van der Waals surface area contributed by atoms with E-state index in [1.54, 1.807) is 0 Å². The first-order valence-electron chi connectivity index (χ1n) is 6.99. The van der Waals surface area contributed by atoms with Crippen LogP contribution in [-0.2, 0) is 6.54 Å². The second-order valence-corrected chi connectivity index (χ2v) is 5.72. The highest BCUT2D eigenvalue weighted by atomic mass is 15.2. The van der Waals surface area contributed by atoms with Gasteiger partial charge in [-0.05, 0) is 43.4 Å². The Balaban J connectivity index is 2.04. The van der Waals surface area contributed by atoms with Crippen LogP contribution in [0, 0.1) is 6.92 Å². The van der Waals surface area contributed by atoms with Gasteiger partial charge in [-0.25, -0.2) is 4.98 Å². The molecular formula is C15H25N3. The molecule has 0 bridgehead atoms. The summed E-state index contributed by atoms with van der Waals surface area (Å²) in [7, 11) is 2.17. The summed E-state index contributed by atoms with van der Waals surface area (Å²) < 4.78 is 0. The van der Waals surface area contributed by atoms with E-state index in [-0.39, 0.29) is 0 Å². The summed E-state index contributed by atoms with van der Waals surface area (Å²) in [6.07, 6.45) is 6.00. The van der Waals surface area contributed by atoms with Crippen LogP contribution in [0.3, 0.4) is 0 Å². The van der Waals surface area contributed by atoms with Crippen LogP contribution in [0.4, 0.5) is 5.82 Å². The summed E-state index contributed by atoms with van der Waals surface area (Å²) in [5.74, 6) is 1.15. The first-order chi connectivity index (χ1) is 8.58. The Kier molecular flexibility index (Phi) is 4.23. The minimum atomic E-state index is 0.516. The van der Waals surface area contributed by atoms with Crippen molar-refractivity contribution >= 4 is 5.82 Å². The fourth-order valence-electron chi connectivity index (χ4n) is 2.36. The molecule has 1 fully saturated rings. The molecule has 0 amide bonds. The smallest absolute Gasteiger partial charge is 0.131 e. The van der Waals surface area contributed by atoms with Crippen LogP contribution < -0.4 is 10.2 Å². The van der Waals surface area contributed by atoms with Gasteiger partial charge in [-0.3, -0.25) is 0 Å². The SMILES string of the molecule is Cc1cc(CNC(C)C)cnc1N(C)C1CCC1. The van der Waals surface area contributed by atoms with Crippen molar-refractivity contribution in [1.29, 1.82) is 0 Å². The fourth-order valence-corrected chi connectivity index (χ4v) is 2.36. The average molecular weight is 247 g/mol. The van der Waals surface area contributed by atoms with Crippen LogP contribution in [0.5, 0.6) is 0 Å². The van der Waals surface area contributed by atoms with E-state index in [0.717, 1.165) is 12.4 Å². The van der Waals surface area contributed by atoms with E-state index in [2.05, 4.69) is 49.1 Å². The highest BCUT2D eigenvalue weighted by Gasteiger charge is 2.23. The molecule has 0 unspecified atom stereocenters. The zero-order valence-corrected chi connectivity index (χ0v) is 12.0. The van der Waals surface area contributed by atoms with Crippen LogP contribution in [0.25, 0.3) is 0 Å². The van der Waals surface area contributed by atoms with E-state index in [1.165, 1.54) is 30.4 Å². The number of aromatic nitrogens is 1. The molecular weight excluding hydrogens is 222 g/mol. The lowest BCUT2D eigenvalue weighted by Crippen LogP contribution is -2.38.